The van der Waals surface area contributed by atoms with Gasteiger partial charge in [-0.2, -0.15) is 13.2 Å². The van der Waals surface area contributed by atoms with Gasteiger partial charge >= 0.3 is 12.3 Å². The standard InChI is InChI=1S/C27H29F4N5O5/c1-34(2)22(37)10-6-5-9-21(41-26(40)35(3)4)24(38)33-20-8-7-11-36(25(20)39)15-18-13-16-12-17(28)14-19(23(16)32-18)27(29,30)31/h6-8,10-14,21,32H,5,9,15H2,1-4H3,(H,33,38). The van der Waals surface area contributed by atoms with E-state index < -0.39 is 41.2 Å². The highest BCUT2D eigenvalue weighted by molar-refractivity contribution is 5.95. The van der Waals surface area contributed by atoms with Gasteiger partial charge in [-0.15, -0.1) is 0 Å². The first-order valence-corrected chi connectivity index (χ1v) is 12.3. The third-order valence-corrected chi connectivity index (χ3v) is 5.87. The Morgan fingerprint density at radius 2 is 1.83 bits per heavy atom. The number of fused-ring (bicyclic) bond motifs is 1. The first kappa shape index (κ1) is 30.9. The molecule has 14 heteroatoms. The number of ether oxygens (including phenoxy) is 1. The van der Waals surface area contributed by atoms with Gasteiger partial charge in [-0.3, -0.25) is 14.4 Å². The molecule has 2 aromatic heterocycles. The summed E-state index contributed by atoms with van der Waals surface area (Å²) in [5.74, 6) is -2.12. The number of hydrogen-bond donors (Lipinski definition) is 2. The molecule has 0 aliphatic rings. The molecule has 10 nitrogen and oxygen atoms in total. The van der Waals surface area contributed by atoms with Crippen LogP contribution in [0.2, 0.25) is 0 Å². The van der Waals surface area contributed by atoms with Crippen molar-refractivity contribution in [3.8, 4) is 0 Å². The smallest absolute Gasteiger partial charge is 0.418 e. The highest BCUT2D eigenvalue weighted by atomic mass is 19.4. The topological polar surface area (TPSA) is 117 Å². The van der Waals surface area contributed by atoms with Gasteiger partial charge in [0.1, 0.15) is 11.5 Å². The third-order valence-electron chi connectivity index (χ3n) is 5.87. The van der Waals surface area contributed by atoms with Crippen molar-refractivity contribution in [3.63, 3.8) is 0 Å². The summed E-state index contributed by atoms with van der Waals surface area (Å²) in [5.41, 5.74) is -2.15. The summed E-state index contributed by atoms with van der Waals surface area (Å²) in [4.78, 5) is 55.0. The van der Waals surface area contributed by atoms with Gasteiger partial charge in [0, 0.05) is 45.5 Å². The highest BCUT2D eigenvalue weighted by Crippen LogP contribution is 2.35. The molecule has 0 saturated carbocycles. The molecule has 1 unspecified atom stereocenters. The predicted octanol–water partition coefficient (Wildman–Crippen LogP) is 3.97. The highest BCUT2D eigenvalue weighted by Gasteiger charge is 2.34. The zero-order valence-corrected chi connectivity index (χ0v) is 22.7. The van der Waals surface area contributed by atoms with Crippen LogP contribution in [-0.4, -0.2) is 71.6 Å². The summed E-state index contributed by atoms with van der Waals surface area (Å²) in [6.07, 6.45) is -2.47. The molecule has 0 fully saturated rings. The number of carbonyl (C=O) groups is 3. The minimum absolute atomic E-state index is 0.0107. The molecule has 0 saturated heterocycles. The normalized spacial score (nSPS) is 12.4. The fraction of sp³-hybridized carbons (Fsp3) is 0.333. The number of aromatic amines is 1. The molecule has 0 radical (unpaired) electrons. The van der Waals surface area contributed by atoms with Crippen molar-refractivity contribution in [1.82, 2.24) is 19.4 Å². The number of rotatable bonds is 9. The molecule has 2 heterocycles. The Hall–Kier alpha value is -4.62. The van der Waals surface area contributed by atoms with E-state index in [4.69, 9.17) is 4.74 Å². The monoisotopic (exact) mass is 579 g/mol. The Kier molecular flexibility index (Phi) is 9.58. The maximum Gasteiger partial charge on any atom is 0.418 e. The number of carbonyl (C=O) groups excluding carboxylic acids is 3. The van der Waals surface area contributed by atoms with Crippen molar-refractivity contribution in [2.45, 2.75) is 31.7 Å². The number of halogens is 4. The van der Waals surface area contributed by atoms with E-state index in [2.05, 4.69) is 10.3 Å². The number of hydrogen-bond acceptors (Lipinski definition) is 5. The average Bonchev–Trinajstić information content (AvgIpc) is 3.28. The first-order chi connectivity index (χ1) is 19.2. The van der Waals surface area contributed by atoms with E-state index in [9.17, 15) is 36.7 Å². The molecule has 41 heavy (non-hydrogen) atoms. The average molecular weight is 580 g/mol. The summed E-state index contributed by atoms with van der Waals surface area (Å²) in [7, 11) is 6.01. The van der Waals surface area contributed by atoms with Crippen molar-refractivity contribution in [2.24, 2.45) is 0 Å². The van der Waals surface area contributed by atoms with Crippen LogP contribution in [0.15, 0.2) is 53.5 Å². The molecule has 0 bridgehead atoms. The molecule has 2 N–H and O–H groups in total. The van der Waals surface area contributed by atoms with Crippen LogP contribution in [0.1, 0.15) is 24.1 Å². The van der Waals surface area contributed by atoms with Crippen LogP contribution in [0, 0.1) is 5.82 Å². The number of alkyl halides is 3. The lowest BCUT2D eigenvalue weighted by Crippen LogP contribution is -2.37. The van der Waals surface area contributed by atoms with E-state index in [1.807, 2.05) is 0 Å². The molecule has 1 aromatic carbocycles. The van der Waals surface area contributed by atoms with Crippen LogP contribution in [0.5, 0.6) is 0 Å². The molecule has 3 rings (SSSR count). The lowest BCUT2D eigenvalue weighted by molar-refractivity contribution is -0.136. The SMILES string of the molecule is CN(C)C(=O)C=CCCC(OC(=O)N(C)C)C(=O)Nc1cccn(Cc2cc3cc(F)cc(C(F)(F)F)c3[nH]2)c1=O. The third kappa shape index (κ3) is 7.96. The van der Waals surface area contributed by atoms with E-state index >= 15 is 0 Å². The van der Waals surface area contributed by atoms with Gasteiger partial charge in [0.2, 0.25) is 5.91 Å². The largest absolute Gasteiger partial charge is 0.436 e. The van der Waals surface area contributed by atoms with Crippen molar-refractivity contribution >= 4 is 34.5 Å². The number of aromatic nitrogens is 2. The number of likely N-dealkylation sites (N-methyl/N-ethyl adjacent to an activating group) is 1. The van der Waals surface area contributed by atoms with Crippen molar-refractivity contribution in [3.05, 3.63) is 76.1 Å². The Balaban J connectivity index is 1.81. The van der Waals surface area contributed by atoms with Gasteiger partial charge in [-0.05, 0) is 49.2 Å². The molecule has 3 aromatic rings. The second-order valence-electron chi connectivity index (χ2n) is 9.53. The van der Waals surface area contributed by atoms with E-state index in [1.54, 1.807) is 14.1 Å². The number of benzene rings is 1. The number of nitrogens with zero attached hydrogens (tertiary/aromatic N) is 3. The maximum atomic E-state index is 13.8. The fourth-order valence-corrected chi connectivity index (χ4v) is 3.78. The van der Waals surface area contributed by atoms with Crippen molar-refractivity contribution in [1.29, 1.82) is 0 Å². The summed E-state index contributed by atoms with van der Waals surface area (Å²) in [6, 6.07) is 5.40. The zero-order chi connectivity index (χ0) is 30.5. The fourth-order valence-electron chi connectivity index (χ4n) is 3.78. The summed E-state index contributed by atoms with van der Waals surface area (Å²) < 4.78 is 60.4. The van der Waals surface area contributed by atoms with Crippen LogP contribution in [0.3, 0.4) is 0 Å². The lowest BCUT2D eigenvalue weighted by atomic mass is 10.1. The zero-order valence-electron chi connectivity index (χ0n) is 22.7. The molecule has 0 spiro atoms. The number of pyridine rings is 1. The number of H-pyrrole nitrogens is 1. The Morgan fingerprint density at radius 3 is 2.46 bits per heavy atom. The van der Waals surface area contributed by atoms with Crippen molar-refractivity contribution in [2.75, 3.05) is 33.5 Å². The molecule has 0 aliphatic carbocycles. The molecule has 0 aliphatic heterocycles. The second kappa shape index (κ2) is 12.7. The van der Waals surface area contributed by atoms with Gasteiger partial charge in [0.05, 0.1) is 17.6 Å². The van der Waals surface area contributed by atoms with Crippen LogP contribution in [0.25, 0.3) is 10.9 Å². The van der Waals surface area contributed by atoms with E-state index in [0.717, 1.165) is 15.5 Å². The van der Waals surface area contributed by atoms with Crippen LogP contribution >= 0.6 is 0 Å². The van der Waals surface area contributed by atoms with E-state index in [1.165, 1.54) is 55.5 Å². The number of anilines is 1. The number of allylic oxidation sites excluding steroid dienone is 1. The van der Waals surface area contributed by atoms with Crippen LogP contribution < -0.4 is 10.9 Å². The quantitative estimate of drug-likeness (QED) is 0.294. The first-order valence-electron chi connectivity index (χ1n) is 12.3. The number of amides is 3. The minimum atomic E-state index is -4.80. The predicted molar refractivity (Wildman–Crippen MR) is 143 cm³/mol. The van der Waals surface area contributed by atoms with Crippen molar-refractivity contribution < 1.29 is 36.7 Å². The van der Waals surface area contributed by atoms with Gasteiger partial charge in [0.15, 0.2) is 6.10 Å². The second-order valence-corrected chi connectivity index (χ2v) is 9.53. The van der Waals surface area contributed by atoms with Gasteiger partial charge < -0.3 is 29.4 Å². The molecule has 3 amide bonds. The van der Waals surface area contributed by atoms with Crippen LogP contribution in [0.4, 0.5) is 28.0 Å². The van der Waals surface area contributed by atoms with E-state index in [0.29, 0.717) is 6.07 Å². The maximum absolute atomic E-state index is 13.8. The van der Waals surface area contributed by atoms with Gasteiger partial charge in [-0.1, -0.05) is 6.08 Å². The number of nitrogens with one attached hydrogen (secondary N) is 2. The Labute approximate surface area is 232 Å². The molecular formula is C27H29F4N5O5. The molecule has 1 atom stereocenters. The lowest BCUT2D eigenvalue weighted by Gasteiger charge is -2.19. The van der Waals surface area contributed by atoms with Gasteiger partial charge in [0.25, 0.3) is 11.5 Å². The molecule has 220 valence electrons. The molecular weight excluding hydrogens is 550 g/mol. The van der Waals surface area contributed by atoms with E-state index in [-0.39, 0.29) is 47.6 Å². The minimum Gasteiger partial charge on any atom is -0.436 e. The summed E-state index contributed by atoms with van der Waals surface area (Å²) in [6.45, 7) is -0.208. The van der Waals surface area contributed by atoms with Gasteiger partial charge in [-0.25, -0.2) is 9.18 Å². The Morgan fingerprint density at radius 1 is 1.12 bits per heavy atom. The summed E-state index contributed by atoms with van der Waals surface area (Å²) >= 11 is 0. The Bertz CT molecular complexity index is 1520. The summed E-state index contributed by atoms with van der Waals surface area (Å²) in [5, 5.41) is 2.42. The van der Waals surface area contributed by atoms with Crippen LogP contribution in [-0.2, 0) is 27.0 Å².